The van der Waals surface area contributed by atoms with Gasteiger partial charge in [-0.15, -0.1) is 0 Å². The lowest BCUT2D eigenvalue weighted by atomic mass is 9.94. The van der Waals surface area contributed by atoms with Crippen molar-refractivity contribution in [3.63, 3.8) is 0 Å². The molecule has 1 unspecified atom stereocenters. The van der Waals surface area contributed by atoms with Crippen molar-refractivity contribution in [3.05, 3.63) is 89.0 Å². The summed E-state index contributed by atoms with van der Waals surface area (Å²) < 4.78 is 44.8. The van der Waals surface area contributed by atoms with Gasteiger partial charge < -0.3 is 9.84 Å². The van der Waals surface area contributed by atoms with Crippen molar-refractivity contribution >= 4 is 14.8 Å². The second kappa shape index (κ2) is 12.3. The van der Waals surface area contributed by atoms with Gasteiger partial charge in [-0.05, 0) is 41.0 Å². The van der Waals surface area contributed by atoms with E-state index in [2.05, 4.69) is 20.8 Å². The van der Waals surface area contributed by atoms with Crippen LogP contribution in [-0.2, 0) is 19.0 Å². The molecule has 3 aromatic carbocycles. The first kappa shape index (κ1) is 27.5. The van der Waals surface area contributed by atoms with E-state index in [4.69, 9.17) is 4.74 Å². The lowest BCUT2D eigenvalue weighted by molar-refractivity contribution is -0.137. The van der Waals surface area contributed by atoms with Crippen LogP contribution < -0.4 is 4.74 Å². The number of fused-ring (bicyclic) bond motifs is 1. The summed E-state index contributed by atoms with van der Waals surface area (Å²) in [7, 11) is -0.171. The molecule has 3 nitrogen and oxygen atoms in total. The molecule has 0 spiro atoms. The minimum Gasteiger partial charge on any atom is -0.489 e. The SMILES string of the molecule is CC[SiH](CC)CC.O=C(O)c1cccc(-c2cccc3c2CC(Cc2cccc(C(F)(F)F)c2)O3)c1. The fourth-order valence-electron chi connectivity index (χ4n) is 4.54. The van der Waals surface area contributed by atoms with Gasteiger partial charge in [0.25, 0.3) is 0 Å². The van der Waals surface area contributed by atoms with E-state index in [1.807, 2.05) is 24.3 Å². The van der Waals surface area contributed by atoms with Crippen LogP contribution in [0.2, 0.25) is 18.1 Å². The van der Waals surface area contributed by atoms with Crippen LogP contribution in [0.4, 0.5) is 13.2 Å². The lowest BCUT2D eigenvalue weighted by Crippen LogP contribution is -2.17. The summed E-state index contributed by atoms with van der Waals surface area (Å²) in [6.07, 6.45) is -3.76. The van der Waals surface area contributed by atoms with E-state index < -0.39 is 17.7 Å². The number of alkyl halides is 3. The monoisotopic (exact) mass is 514 g/mol. The van der Waals surface area contributed by atoms with E-state index in [-0.39, 0.29) is 20.5 Å². The standard InChI is InChI=1S/C23H17F3O3.C6H16Si/c24-23(25,26)17-7-1-4-14(10-17)11-18-13-20-19(8-3-9-21(20)29-18)15-5-2-6-16(12-15)22(27)28;1-4-7(5-2)6-3/h1-10,12,18H,11,13H2,(H,27,28);7H,4-6H2,1-3H3. The third-order valence-corrected chi connectivity index (χ3v) is 10.2. The highest BCUT2D eigenvalue weighted by Gasteiger charge is 2.31. The van der Waals surface area contributed by atoms with Crippen molar-refractivity contribution < 1.29 is 27.8 Å². The summed E-state index contributed by atoms with van der Waals surface area (Å²) in [5.74, 6) is -0.321. The molecule has 0 aromatic heterocycles. The molecule has 1 aliphatic heterocycles. The van der Waals surface area contributed by atoms with Crippen molar-refractivity contribution in [2.45, 2.75) is 64.0 Å². The number of aromatic carboxylic acids is 1. The Kier molecular flexibility index (Phi) is 9.37. The molecule has 0 saturated heterocycles. The van der Waals surface area contributed by atoms with Gasteiger partial charge in [0, 0.05) is 27.2 Å². The number of hydrogen-bond donors (Lipinski definition) is 1. The Morgan fingerprint density at radius 2 is 1.64 bits per heavy atom. The molecule has 0 bridgehead atoms. The van der Waals surface area contributed by atoms with Crippen molar-refractivity contribution in [1.29, 1.82) is 0 Å². The number of rotatable bonds is 7. The molecule has 7 heteroatoms. The Hall–Kier alpha value is -3.06. The van der Waals surface area contributed by atoms with Gasteiger partial charge in [-0.3, -0.25) is 0 Å². The van der Waals surface area contributed by atoms with E-state index in [1.54, 1.807) is 18.2 Å². The molecule has 192 valence electrons. The maximum atomic E-state index is 13.0. The van der Waals surface area contributed by atoms with E-state index in [0.717, 1.165) is 28.8 Å². The van der Waals surface area contributed by atoms with Crippen LogP contribution in [-0.4, -0.2) is 26.0 Å². The Balaban J connectivity index is 0.000000454. The number of halogens is 3. The van der Waals surface area contributed by atoms with Crippen LogP contribution in [0.3, 0.4) is 0 Å². The molecule has 1 N–H and O–H groups in total. The lowest BCUT2D eigenvalue weighted by Gasteiger charge is -2.12. The summed E-state index contributed by atoms with van der Waals surface area (Å²) in [6.45, 7) is 6.97. The van der Waals surface area contributed by atoms with Crippen molar-refractivity contribution in [2.75, 3.05) is 0 Å². The average molecular weight is 515 g/mol. The first-order valence-electron chi connectivity index (χ1n) is 12.4. The molecule has 0 aliphatic carbocycles. The fourth-order valence-corrected chi connectivity index (χ4v) is 6.28. The quantitative estimate of drug-likeness (QED) is 0.326. The highest BCUT2D eigenvalue weighted by Crippen LogP contribution is 2.38. The molecule has 1 aliphatic rings. The number of ether oxygens (including phenoxy) is 1. The molecule has 0 amide bonds. The van der Waals surface area contributed by atoms with Crippen LogP contribution in [0.5, 0.6) is 5.75 Å². The highest BCUT2D eigenvalue weighted by molar-refractivity contribution is 6.58. The largest absolute Gasteiger partial charge is 0.489 e. The van der Waals surface area contributed by atoms with E-state index >= 15 is 0 Å². The zero-order valence-electron chi connectivity index (χ0n) is 20.9. The summed E-state index contributed by atoms with van der Waals surface area (Å²) in [5.41, 5.74) is 2.66. The van der Waals surface area contributed by atoms with Gasteiger partial charge in [0.05, 0.1) is 11.1 Å². The van der Waals surface area contributed by atoms with Crippen molar-refractivity contribution in [2.24, 2.45) is 0 Å². The zero-order chi connectivity index (χ0) is 26.3. The van der Waals surface area contributed by atoms with Gasteiger partial charge in [0.2, 0.25) is 0 Å². The molecule has 1 atom stereocenters. The van der Waals surface area contributed by atoms with Gasteiger partial charge in [-0.2, -0.15) is 13.2 Å². The van der Waals surface area contributed by atoms with Crippen molar-refractivity contribution in [3.8, 4) is 16.9 Å². The first-order chi connectivity index (χ1) is 17.2. The smallest absolute Gasteiger partial charge is 0.416 e. The molecule has 0 radical (unpaired) electrons. The maximum absolute atomic E-state index is 13.0. The van der Waals surface area contributed by atoms with E-state index in [9.17, 15) is 23.1 Å². The molecule has 36 heavy (non-hydrogen) atoms. The number of carboxylic acid groups (broad SMARTS) is 1. The molecule has 0 fully saturated rings. The second-order valence-electron chi connectivity index (χ2n) is 9.11. The summed E-state index contributed by atoms with van der Waals surface area (Å²) in [6, 6.07) is 22.0. The molecule has 4 rings (SSSR count). The second-order valence-corrected chi connectivity index (χ2v) is 13.3. The minimum absolute atomic E-state index is 0.171. The predicted octanol–water partition coefficient (Wildman–Crippen LogP) is 7.89. The van der Waals surface area contributed by atoms with Crippen LogP contribution in [0, 0.1) is 0 Å². The molecular formula is C29H33F3O3Si. The predicted molar refractivity (Wildman–Crippen MR) is 141 cm³/mol. The number of carboxylic acids is 1. The number of hydrogen-bond acceptors (Lipinski definition) is 2. The molecule has 1 heterocycles. The Morgan fingerprint density at radius 1 is 0.972 bits per heavy atom. The van der Waals surface area contributed by atoms with Crippen LogP contribution in [0.1, 0.15) is 47.8 Å². The molecule has 0 saturated carbocycles. The van der Waals surface area contributed by atoms with Gasteiger partial charge in [-0.25, -0.2) is 4.79 Å². The molecular weight excluding hydrogens is 481 g/mol. The Bertz CT molecular complexity index is 1170. The Labute approximate surface area is 212 Å². The third-order valence-electron chi connectivity index (χ3n) is 6.73. The van der Waals surface area contributed by atoms with Crippen LogP contribution in [0.25, 0.3) is 11.1 Å². The zero-order valence-corrected chi connectivity index (χ0v) is 22.1. The number of benzene rings is 3. The topological polar surface area (TPSA) is 46.5 Å². The fraction of sp³-hybridized carbons (Fsp3) is 0.345. The van der Waals surface area contributed by atoms with Gasteiger partial charge in [0.15, 0.2) is 0 Å². The van der Waals surface area contributed by atoms with Gasteiger partial charge in [-0.1, -0.05) is 81.4 Å². The Morgan fingerprint density at radius 3 is 2.25 bits per heavy atom. The van der Waals surface area contributed by atoms with Crippen LogP contribution in [0.15, 0.2) is 66.7 Å². The average Bonchev–Trinajstić information content (AvgIpc) is 3.27. The maximum Gasteiger partial charge on any atom is 0.416 e. The van der Waals surface area contributed by atoms with Crippen LogP contribution >= 0.6 is 0 Å². The number of carbonyl (C=O) groups is 1. The minimum atomic E-state index is -4.38. The third kappa shape index (κ3) is 7.00. The normalized spacial score (nSPS) is 14.6. The summed E-state index contributed by atoms with van der Waals surface area (Å²) >= 11 is 0. The van der Waals surface area contributed by atoms with Crippen molar-refractivity contribution in [1.82, 2.24) is 0 Å². The summed E-state index contributed by atoms with van der Waals surface area (Å²) in [4.78, 5) is 11.3. The first-order valence-corrected chi connectivity index (χ1v) is 14.9. The molecule has 3 aromatic rings. The van der Waals surface area contributed by atoms with Gasteiger partial charge in [0.1, 0.15) is 11.9 Å². The summed E-state index contributed by atoms with van der Waals surface area (Å²) in [5, 5.41) is 9.23. The van der Waals surface area contributed by atoms with E-state index in [0.29, 0.717) is 24.2 Å². The van der Waals surface area contributed by atoms with Gasteiger partial charge >= 0.3 is 12.1 Å². The highest BCUT2D eigenvalue weighted by atomic mass is 28.3. The van der Waals surface area contributed by atoms with E-state index in [1.165, 1.54) is 30.3 Å².